The summed E-state index contributed by atoms with van der Waals surface area (Å²) < 4.78 is 4.66. The molecule has 5 heteroatoms. The smallest absolute Gasteiger partial charge is 0.276 e. The Kier molecular flexibility index (Phi) is 3.24. The van der Waals surface area contributed by atoms with E-state index in [4.69, 9.17) is 0 Å². The van der Waals surface area contributed by atoms with E-state index in [1.54, 1.807) is 17.9 Å². The number of aliphatic hydroxyl groups is 1. The summed E-state index contributed by atoms with van der Waals surface area (Å²) in [6, 6.07) is 1.70. The highest BCUT2D eigenvalue weighted by atomic mass is 16.5. The highest BCUT2D eigenvalue weighted by Gasteiger charge is 2.31. The van der Waals surface area contributed by atoms with Crippen LogP contribution in [0, 0.1) is 0 Å². The van der Waals surface area contributed by atoms with Crippen LogP contribution >= 0.6 is 0 Å². The van der Waals surface area contributed by atoms with Crippen molar-refractivity contribution in [3.8, 4) is 0 Å². The summed E-state index contributed by atoms with van der Waals surface area (Å²) in [5.41, 5.74) is 0.345. The number of nitrogens with zero attached hydrogens (tertiary/aromatic N) is 2. The molecule has 1 aromatic rings. The summed E-state index contributed by atoms with van der Waals surface area (Å²) in [4.78, 5) is 13.8. The maximum atomic E-state index is 12.0. The van der Waals surface area contributed by atoms with Crippen LogP contribution in [0.3, 0.4) is 0 Å². The Morgan fingerprint density at radius 3 is 3.25 bits per heavy atom. The fraction of sp³-hybridized carbons (Fsp3) is 0.636. The molecule has 2 rings (SSSR count). The molecule has 2 atom stereocenters. The van der Waals surface area contributed by atoms with E-state index in [1.807, 2.05) is 0 Å². The van der Waals surface area contributed by atoms with Gasteiger partial charge >= 0.3 is 0 Å². The molecular formula is C11H16N2O3. The summed E-state index contributed by atoms with van der Waals surface area (Å²) in [6.45, 7) is 2.49. The van der Waals surface area contributed by atoms with Crippen LogP contribution in [0.5, 0.6) is 0 Å². The van der Waals surface area contributed by atoms with Crippen molar-refractivity contribution < 1.29 is 14.4 Å². The molecule has 2 heterocycles. The first kappa shape index (κ1) is 11.1. The van der Waals surface area contributed by atoms with Gasteiger partial charge in [0.15, 0.2) is 5.69 Å². The second-order valence-corrected chi connectivity index (χ2v) is 4.26. The minimum absolute atomic E-state index is 0.100. The van der Waals surface area contributed by atoms with Gasteiger partial charge in [-0.15, -0.1) is 0 Å². The van der Waals surface area contributed by atoms with Crippen LogP contribution in [0.4, 0.5) is 0 Å². The first-order valence-corrected chi connectivity index (χ1v) is 5.58. The number of likely N-dealkylation sites (tertiary alicyclic amines) is 1. The Bertz CT molecular complexity index is 348. The van der Waals surface area contributed by atoms with E-state index in [9.17, 15) is 9.90 Å². The molecule has 0 spiro atoms. The molecular weight excluding hydrogens is 208 g/mol. The van der Waals surface area contributed by atoms with Crippen LogP contribution in [0.1, 0.15) is 36.7 Å². The quantitative estimate of drug-likeness (QED) is 0.833. The van der Waals surface area contributed by atoms with Crippen molar-refractivity contribution in [1.29, 1.82) is 0 Å². The summed E-state index contributed by atoms with van der Waals surface area (Å²) in [5, 5.41) is 13.0. The van der Waals surface area contributed by atoms with E-state index >= 15 is 0 Å². The minimum atomic E-state index is -0.379. The molecule has 88 valence electrons. The Hall–Kier alpha value is -1.36. The third kappa shape index (κ3) is 2.24. The maximum absolute atomic E-state index is 12.0. The van der Waals surface area contributed by atoms with Crippen molar-refractivity contribution in [3.63, 3.8) is 0 Å². The zero-order chi connectivity index (χ0) is 11.5. The third-order valence-electron chi connectivity index (χ3n) is 2.91. The largest absolute Gasteiger partial charge is 0.393 e. The second kappa shape index (κ2) is 4.65. The Morgan fingerprint density at radius 2 is 2.62 bits per heavy atom. The normalized spacial score (nSPS) is 22.4. The van der Waals surface area contributed by atoms with E-state index < -0.39 is 0 Å². The van der Waals surface area contributed by atoms with Crippen molar-refractivity contribution in [2.24, 2.45) is 0 Å². The molecule has 0 aromatic carbocycles. The molecule has 1 aliphatic rings. The lowest BCUT2D eigenvalue weighted by molar-refractivity contribution is 0.0672. The van der Waals surface area contributed by atoms with Gasteiger partial charge in [0.05, 0.1) is 6.10 Å². The molecule has 1 aromatic heterocycles. The molecule has 1 aliphatic heterocycles. The number of carbonyl (C=O) groups excluding carboxylic acids is 1. The Labute approximate surface area is 94.0 Å². The predicted molar refractivity (Wildman–Crippen MR) is 56.9 cm³/mol. The van der Waals surface area contributed by atoms with Crippen LogP contribution in [-0.4, -0.2) is 39.8 Å². The van der Waals surface area contributed by atoms with Gasteiger partial charge < -0.3 is 14.5 Å². The molecule has 1 fully saturated rings. The highest BCUT2D eigenvalue weighted by molar-refractivity contribution is 5.92. The van der Waals surface area contributed by atoms with Gasteiger partial charge in [0.1, 0.15) is 6.26 Å². The highest BCUT2D eigenvalue weighted by Crippen LogP contribution is 2.23. The van der Waals surface area contributed by atoms with Crippen LogP contribution in [0.25, 0.3) is 0 Å². The first-order chi connectivity index (χ1) is 7.68. The van der Waals surface area contributed by atoms with Gasteiger partial charge in [0.25, 0.3) is 5.91 Å². The van der Waals surface area contributed by atoms with Gasteiger partial charge in [0, 0.05) is 18.7 Å². The molecule has 5 nitrogen and oxygen atoms in total. The third-order valence-corrected chi connectivity index (χ3v) is 2.91. The minimum Gasteiger partial charge on any atom is -0.393 e. The van der Waals surface area contributed by atoms with E-state index in [0.717, 1.165) is 19.4 Å². The van der Waals surface area contributed by atoms with Gasteiger partial charge in [-0.05, 0) is 26.2 Å². The SMILES string of the molecule is CC(O)CC1CCCN1C(=O)c1ccon1. The molecule has 2 unspecified atom stereocenters. The second-order valence-electron chi connectivity index (χ2n) is 4.26. The maximum Gasteiger partial charge on any atom is 0.276 e. The van der Waals surface area contributed by atoms with E-state index in [2.05, 4.69) is 9.68 Å². The monoisotopic (exact) mass is 224 g/mol. The first-order valence-electron chi connectivity index (χ1n) is 5.58. The zero-order valence-corrected chi connectivity index (χ0v) is 9.30. The zero-order valence-electron chi connectivity index (χ0n) is 9.30. The summed E-state index contributed by atoms with van der Waals surface area (Å²) >= 11 is 0. The van der Waals surface area contributed by atoms with E-state index in [1.165, 1.54) is 6.26 Å². The number of aliphatic hydroxyl groups excluding tert-OH is 1. The molecule has 0 saturated carbocycles. The van der Waals surface area contributed by atoms with E-state index in [0.29, 0.717) is 12.1 Å². The number of hydrogen-bond acceptors (Lipinski definition) is 4. The molecule has 0 bridgehead atoms. The fourth-order valence-corrected chi connectivity index (χ4v) is 2.21. The van der Waals surface area contributed by atoms with E-state index in [-0.39, 0.29) is 18.1 Å². The van der Waals surface area contributed by atoms with Gasteiger partial charge in [0.2, 0.25) is 0 Å². The number of rotatable bonds is 3. The van der Waals surface area contributed by atoms with Crippen molar-refractivity contribution in [3.05, 3.63) is 18.0 Å². The molecule has 0 radical (unpaired) electrons. The van der Waals surface area contributed by atoms with Gasteiger partial charge in [-0.2, -0.15) is 0 Å². The predicted octanol–water partition coefficient (Wildman–Crippen LogP) is 1.05. The molecule has 16 heavy (non-hydrogen) atoms. The Balaban J connectivity index is 2.05. The number of carbonyl (C=O) groups is 1. The topological polar surface area (TPSA) is 66.6 Å². The van der Waals surface area contributed by atoms with Crippen LogP contribution < -0.4 is 0 Å². The summed E-state index contributed by atoms with van der Waals surface area (Å²) in [7, 11) is 0. The lowest BCUT2D eigenvalue weighted by atomic mass is 10.1. The van der Waals surface area contributed by atoms with Crippen molar-refractivity contribution in [2.45, 2.75) is 38.3 Å². The van der Waals surface area contributed by atoms with Crippen LogP contribution in [0.15, 0.2) is 16.9 Å². The van der Waals surface area contributed by atoms with Gasteiger partial charge in [-0.1, -0.05) is 5.16 Å². The fourth-order valence-electron chi connectivity index (χ4n) is 2.21. The lowest BCUT2D eigenvalue weighted by Gasteiger charge is -2.24. The lowest BCUT2D eigenvalue weighted by Crippen LogP contribution is -2.37. The average Bonchev–Trinajstić information content (AvgIpc) is 2.84. The molecule has 1 N–H and O–H groups in total. The average molecular weight is 224 g/mol. The van der Waals surface area contributed by atoms with Crippen molar-refractivity contribution in [1.82, 2.24) is 10.1 Å². The van der Waals surface area contributed by atoms with Gasteiger partial charge in [-0.3, -0.25) is 4.79 Å². The molecule has 0 aliphatic carbocycles. The number of hydrogen-bond donors (Lipinski definition) is 1. The molecule has 1 amide bonds. The standard InChI is InChI=1S/C11H16N2O3/c1-8(14)7-9-3-2-5-13(9)11(15)10-4-6-16-12-10/h4,6,8-9,14H,2-3,5,7H2,1H3. The Morgan fingerprint density at radius 1 is 1.81 bits per heavy atom. The van der Waals surface area contributed by atoms with Crippen LogP contribution in [0.2, 0.25) is 0 Å². The van der Waals surface area contributed by atoms with Crippen LogP contribution in [-0.2, 0) is 0 Å². The number of aromatic nitrogens is 1. The van der Waals surface area contributed by atoms with Crippen molar-refractivity contribution >= 4 is 5.91 Å². The summed E-state index contributed by atoms with van der Waals surface area (Å²) in [6.07, 6.45) is 3.59. The number of amides is 1. The molecule has 1 saturated heterocycles. The summed E-state index contributed by atoms with van der Waals surface area (Å²) in [5.74, 6) is -0.100. The van der Waals surface area contributed by atoms with Crippen molar-refractivity contribution in [2.75, 3.05) is 6.54 Å². The van der Waals surface area contributed by atoms with Gasteiger partial charge in [-0.25, -0.2) is 0 Å².